The van der Waals surface area contributed by atoms with Gasteiger partial charge in [-0.05, 0) is 31.7 Å². The molecule has 1 fully saturated rings. The van der Waals surface area contributed by atoms with E-state index in [1.54, 1.807) is 6.92 Å². The predicted octanol–water partition coefficient (Wildman–Crippen LogP) is 0.413. The maximum atomic E-state index is 12.2. The first kappa shape index (κ1) is 14.7. The third kappa shape index (κ3) is 3.44. The lowest BCUT2D eigenvalue weighted by Crippen LogP contribution is -2.45. The molecule has 1 saturated heterocycles. The lowest BCUT2D eigenvalue weighted by atomic mass is 9.83. The van der Waals surface area contributed by atoms with Gasteiger partial charge in [0.2, 0.25) is 0 Å². The zero-order chi connectivity index (χ0) is 14.1. The molecule has 2 heterocycles. The molecule has 8 heteroatoms. The average Bonchev–Trinajstić information content (AvgIpc) is 2.68. The van der Waals surface area contributed by atoms with Crippen molar-refractivity contribution in [1.82, 2.24) is 15.0 Å². The van der Waals surface area contributed by atoms with E-state index in [-0.39, 0.29) is 14.5 Å². The monoisotopic (exact) mass is 305 g/mol. The van der Waals surface area contributed by atoms with Gasteiger partial charge in [0.15, 0.2) is 4.21 Å². The first-order valence-corrected chi connectivity index (χ1v) is 8.52. The van der Waals surface area contributed by atoms with Crippen LogP contribution in [0.15, 0.2) is 9.00 Å². The Balaban J connectivity index is 2.10. The third-order valence-electron chi connectivity index (χ3n) is 3.40. The van der Waals surface area contributed by atoms with E-state index in [1.807, 2.05) is 0 Å². The molecule has 1 aromatic rings. The molecule has 2 rings (SSSR count). The van der Waals surface area contributed by atoms with Gasteiger partial charge in [0.05, 0.1) is 0 Å². The number of H-pyrrole nitrogens is 1. The average molecular weight is 305 g/mol. The Morgan fingerprint density at radius 3 is 2.74 bits per heavy atom. The van der Waals surface area contributed by atoms with Crippen LogP contribution in [-0.4, -0.2) is 33.0 Å². The van der Waals surface area contributed by atoms with Gasteiger partial charge in [-0.3, -0.25) is 4.79 Å². The number of aryl methyl sites for hydroxylation is 1. The van der Waals surface area contributed by atoms with Gasteiger partial charge in [-0.1, -0.05) is 18.3 Å². The van der Waals surface area contributed by atoms with Crippen molar-refractivity contribution in [2.24, 2.45) is 5.41 Å². The Hall–Kier alpha value is -0.700. The first-order chi connectivity index (χ1) is 8.82. The smallest absolute Gasteiger partial charge is 0.305 e. The number of sulfonamides is 1. The Labute approximate surface area is 116 Å². The zero-order valence-electron chi connectivity index (χ0n) is 11.1. The Bertz CT molecular complexity index is 597. The van der Waals surface area contributed by atoms with Gasteiger partial charge in [-0.2, -0.15) is 0 Å². The maximum Gasteiger partial charge on any atom is 0.305 e. The van der Waals surface area contributed by atoms with E-state index in [0.717, 1.165) is 37.3 Å². The predicted molar refractivity (Wildman–Crippen MR) is 75.1 cm³/mol. The number of hydrogen-bond donors (Lipinski definition) is 3. The van der Waals surface area contributed by atoms with Crippen LogP contribution in [0.5, 0.6) is 0 Å². The van der Waals surface area contributed by atoms with Crippen molar-refractivity contribution >= 4 is 21.4 Å². The molecule has 0 radical (unpaired) electrons. The highest BCUT2D eigenvalue weighted by Gasteiger charge is 2.29. The Morgan fingerprint density at radius 2 is 2.21 bits per heavy atom. The molecular weight excluding hydrogens is 286 g/mol. The summed E-state index contributed by atoms with van der Waals surface area (Å²) in [5.74, 6) is 0. The summed E-state index contributed by atoms with van der Waals surface area (Å²) in [4.78, 5) is 13.3. The molecule has 1 aromatic heterocycles. The fourth-order valence-electron chi connectivity index (χ4n) is 2.25. The number of thiazole rings is 1. The summed E-state index contributed by atoms with van der Waals surface area (Å²) in [6.07, 6.45) is 2.04. The molecule has 19 heavy (non-hydrogen) atoms. The summed E-state index contributed by atoms with van der Waals surface area (Å²) in [5, 5.41) is 3.28. The first-order valence-electron chi connectivity index (χ1n) is 6.23. The number of aromatic nitrogens is 1. The van der Waals surface area contributed by atoms with Crippen molar-refractivity contribution in [3.63, 3.8) is 0 Å². The summed E-state index contributed by atoms with van der Waals surface area (Å²) >= 11 is 0.730. The zero-order valence-corrected chi connectivity index (χ0v) is 12.7. The summed E-state index contributed by atoms with van der Waals surface area (Å²) in [6, 6.07) is 0. The summed E-state index contributed by atoms with van der Waals surface area (Å²) in [5.41, 5.74) is 0.329. The van der Waals surface area contributed by atoms with Gasteiger partial charge in [-0.15, -0.1) is 0 Å². The molecule has 3 N–H and O–H groups in total. The molecule has 1 aliphatic rings. The van der Waals surface area contributed by atoms with E-state index in [1.165, 1.54) is 0 Å². The fraction of sp³-hybridized carbons (Fsp3) is 0.727. The van der Waals surface area contributed by atoms with Crippen LogP contribution in [0.2, 0.25) is 0 Å². The lowest BCUT2D eigenvalue weighted by Gasteiger charge is -2.34. The van der Waals surface area contributed by atoms with Gasteiger partial charge in [0.25, 0.3) is 10.0 Å². The quantitative estimate of drug-likeness (QED) is 0.751. The third-order valence-corrected chi connectivity index (χ3v) is 6.41. The molecular formula is C11H19N3O3S2. The highest BCUT2D eigenvalue weighted by Crippen LogP contribution is 2.25. The standard InChI is InChI=1S/C11H19N3O3S2/c1-8-9(18-10(15)14-8)19(16,17)13-7-11(2)4-3-5-12-6-11/h12-13H,3-7H2,1-2H3,(H,14,15). The van der Waals surface area contributed by atoms with Gasteiger partial charge >= 0.3 is 4.87 Å². The molecule has 6 nitrogen and oxygen atoms in total. The molecule has 0 aliphatic carbocycles. The number of rotatable bonds is 4. The van der Waals surface area contributed by atoms with Crippen LogP contribution in [-0.2, 0) is 10.0 Å². The molecule has 0 spiro atoms. The van der Waals surface area contributed by atoms with Crippen LogP contribution in [0, 0.1) is 12.3 Å². The normalized spacial score (nSPS) is 24.5. The minimum atomic E-state index is -3.60. The van der Waals surface area contributed by atoms with Crippen molar-refractivity contribution in [2.45, 2.75) is 30.9 Å². The van der Waals surface area contributed by atoms with E-state index in [4.69, 9.17) is 0 Å². The topological polar surface area (TPSA) is 91.1 Å². The van der Waals surface area contributed by atoms with Crippen molar-refractivity contribution in [3.8, 4) is 0 Å². The number of aromatic amines is 1. The molecule has 1 aliphatic heterocycles. The number of piperidine rings is 1. The summed E-state index contributed by atoms with van der Waals surface area (Å²) < 4.78 is 27.1. The van der Waals surface area contributed by atoms with E-state index in [2.05, 4.69) is 21.9 Å². The van der Waals surface area contributed by atoms with E-state index in [9.17, 15) is 13.2 Å². The van der Waals surface area contributed by atoms with Crippen LogP contribution < -0.4 is 14.9 Å². The summed E-state index contributed by atoms with van der Waals surface area (Å²) in [7, 11) is -3.60. The summed E-state index contributed by atoms with van der Waals surface area (Å²) in [6.45, 7) is 5.83. The van der Waals surface area contributed by atoms with Gasteiger partial charge in [0.1, 0.15) is 0 Å². The van der Waals surface area contributed by atoms with Crippen LogP contribution in [0.3, 0.4) is 0 Å². The van der Waals surface area contributed by atoms with Crippen LogP contribution >= 0.6 is 11.3 Å². The second kappa shape index (κ2) is 5.35. The molecule has 1 unspecified atom stereocenters. The Morgan fingerprint density at radius 1 is 1.47 bits per heavy atom. The van der Waals surface area contributed by atoms with Gasteiger partial charge < -0.3 is 10.3 Å². The highest BCUT2D eigenvalue weighted by atomic mass is 32.2. The minimum Gasteiger partial charge on any atom is -0.316 e. The fourth-order valence-corrected chi connectivity index (χ4v) is 4.79. The Kier molecular flexibility index (Phi) is 4.14. The maximum absolute atomic E-state index is 12.2. The van der Waals surface area contributed by atoms with Crippen LogP contribution in [0.1, 0.15) is 25.5 Å². The van der Waals surface area contributed by atoms with E-state index < -0.39 is 10.0 Å². The second-order valence-electron chi connectivity index (χ2n) is 5.34. The lowest BCUT2D eigenvalue weighted by molar-refractivity contribution is 0.238. The second-order valence-corrected chi connectivity index (χ2v) is 8.29. The molecule has 0 saturated carbocycles. The molecule has 1 atom stereocenters. The minimum absolute atomic E-state index is 0.0690. The molecule has 0 aromatic carbocycles. The SMILES string of the molecule is Cc1[nH]c(=O)sc1S(=O)(=O)NCC1(C)CCCNC1. The van der Waals surface area contributed by atoms with Crippen LogP contribution in [0.4, 0.5) is 0 Å². The molecule has 0 bridgehead atoms. The van der Waals surface area contributed by atoms with Gasteiger partial charge in [-0.25, -0.2) is 13.1 Å². The van der Waals surface area contributed by atoms with Crippen molar-refractivity contribution in [3.05, 3.63) is 15.4 Å². The van der Waals surface area contributed by atoms with E-state index in [0.29, 0.717) is 12.2 Å². The molecule has 108 valence electrons. The number of hydrogen-bond acceptors (Lipinski definition) is 5. The molecule has 0 amide bonds. The van der Waals surface area contributed by atoms with E-state index >= 15 is 0 Å². The number of nitrogens with one attached hydrogen (secondary N) is 3. The van der Waals surface area contributed by atoms with Crippen LogP contribution in [0.25, 0.3) is 0 Å². The van der Waals surface area contributed by atoms with Crippen molar-refractivity contribution < 1.29 is 8.42 Å². The largest absolute Gasteiger partial charge is 0.316 e. The highest BCUT2D eigenvalue weighted by molar-refractivity contribution is 7.91. The van der Waals surface area contributed by atoms with Gasteiger partial charge in [0, 0.05) is 18.8 Å². The van der Waals surface area contributed by atoms with Crippen molar-refractivity contribution in [2.75, 3.05) is 19.6 Å². The van der Waals surface area contributed by atoms with Crippen molar-refractivity contribution in [1.29, 1.82) is 0 Å².